The molecule has 0 aliphatic carbocycles. The van der Waals surface area contributed by atoms with Crippen LogP contribution in [-0.2, 0) is 0 Å². The van der Waals surface area contributed by atoms with E-state index >= 15 is 0 Å². The number of nitro benzene ring substituents is 1. The Morgan fingerprint density at radius 1 is 1.25 bits per heavy atom. The average Bonchev–Trinajstić information content (AvgIpc) is 3.16. The van der Waals surface area contributed by atoms with Crippen molar-refractivity contribution in [3.63, 3.8) is 0 Å². The molecule has 0 spiro atoms. The van der Waals surface area contributed by atoms with Crippen LogP contribution in [0.15, 0.2) is 53.9 Å². The van der Waals surface area contributed by atoms with Gasteiger partial charge in [-0.15, -0.1) is 11.3 Å². The van der Waals surface area contributed by atoms with Gasteiger partial charge in [0.15, 0.2) is 10.2 Å². The molecule has 0 fully saturated rings. The highest BCUT2D eigenvalue weighted by molar-refractivity contribution is 7.80. The fraction of sp³-hybridized carbons (Fsp3) is 0.0556. The van der Waals surface area contributed by atoms with Gasteiger partial charge in [-0.2, -0.15) is 0 Å². The summed E-state index contributed by atoms with van der Waals surface area (Å²) in [5.41, 5.74) is 1.52. The zero-order valence-electron chi connectivity index (χ0n) is 14.5. The first kappa shape index (κ1) is 19.4. The second-order valence-electron chi connectivity index (χ2n) is 5.45. The Balaban J connectivity index is 1.68. The van der Waals surface area contributed by atoms with E-state index in [1.54, 1.807) is 41.8 Å². The lowest BCUT2D eigenvalue weighted by Crippen LogP contribution is -2.34. The first-order chi connectivity index (χ1) is 13.5. The van der Waals surface area contributed by atoms with Gasteiger partial charge >= 0.3 is 0 Å². The first-order valence-corrected chi connectivity index (χ1v) is 9.22. The quantitative estimate of drug-likeness (QED) is 0.371. The molecule has 2 N–H and O–H groups in total. The van der Waals surface area contributed by atoms with Crippen molar-refractivity contribution >= 4 is 45.4 Å². The van der Waals surface area contributed by atoms with Crippen LogP contribution in [0.2, 0.25) is 0 Å². The van der Waals surface area contributed by atoms with E-state index < -0.39 is 10.8 Å². The van der Waals surface area contributed by atoms with E-state index in [2.05, 4.69) is 15.6 Å². The third kappa shape index (κ3) is 4.48. The monoisotopic (exact) mass is 414 g/mol. The molecule has 0 aliphatic rings. The number of para-hydroxylation sites is 1. The number of anilines is 1. The van der Waals surface area contributed by atoms with Crippen LogP contribution in [0.3, 0.4) is 0 Å². The molecule has 2 aromatic carbocycles. The molecule has 0 unspecified atom stereocenters. The number of amides is 1. The molecular weight excluding hydrogens is 400 g/mol. The SMILES string of the molecule is COc1ccccc1C(=O)NC(=S)Nc1nc(-c2cccc([N+](=O)[O-])c2)cs1. The van der Waals surface area contributed by atoms with Crippen LogP contribution in [0.5, 0.6) is 5.75 Å². The molecular formula is C18H14N4O4S2. The fourth-order valence-corrected chi connectivity index (χ4v) is 3.35. The number of benzene rings is 2. The summed E-state index contributed by atoms with van der Waals surface area (Å²) in [5.74, 6) is 0.0235. The van der Waals surface area contributed by atoms with Gasteiger partial charge in [0.05, 0.1) is 23.3 Å². The lowest BCUT2D eigenvalue weighted by atomic mass is 10.1. The van der Waals surface area contributed by atoms with E-state index in [4.69, 9.17) is 17.0 Å². The van der Waals surface area contributed by atoms with Crippen LogP contribution in [-0.4, -0.2) is 28.0 Å². The summed E-state index contributed by atoms with van der Waals surface area (Å²) < 4.78 is 5.16. The predicted molar refractivity (Wildman–Crippen MR) is 111 cm³/mol. The normalized spacial score (nSPS) is 10.2. The minimum Gasteiger partial charge on any atom is -0.496 e. The molecule has 3 rings (SSSR count). The number of rotatable bonds is 5. The van der Waals surface area contributed by atoms with Crippen LogP contribution in [0.25, 0.3) is 11.3 Å². The number of nitrogens with one attached hydrogen (secondary N) is 2. The molecule has 0 atom stereocenters. The summed E-state index contributed by atoms with van der Waals surface area (Å²) in [5, 5.41) is 18.6. The molecule has 0 saturated carbocycles. The highest BCUT2D eigenvalue weighted by Gasteiger charge is 2.14. The van der Waals surface area contributed by atoms with Gasteiger partial charge in [0.1, 0.15) is 5.75 Å². The van der Waals surface area contributed by atoms with E-state index in [9.17, 15) is 14.9 Å². The Kier molecular flexibility index (Phi) is 5.92. The Bertz CT molecular complexity index is 1050. The number of carbonyl (C=O) groups excluding carboxylic acids is 1. The number of hydrogen-bond donors (Lipinski definition) is 2. The van der Waals surface area contributed by atoms with Gasteiger partial charge in [-0.3, -0.25) is 20.2 Å². The minimum atomic E-state index is -0.461. The van der Waals surface area contributed by atoms with Crippen molar-refractivity contribution in [2.75, 3.05) is 12.4 Å². The predicted octanol–water partition coefficient (Wildman–Crippen LogP) is 3.85. The molecule has 0 bridgehead atoms. The van der Waals surface area contributed by atoms with Gasteiger partial charge in [-0.25, -0.2) is 4.98 Å². The van der Waals surface area contributed by atoms with Crippen molar-refractivity contribution in [1.29, 1.82) is 0 Å². The van der Waals surface area contributed by atoms with E-state index in [1.165, 1.54) is 30.6 Å². The maximum absolute atomic E-state index is 12.4. The molecule has 1 heterocycles. The molecule has 3 aromatic rings. The van der Waals surface area contributed by atoms with Crippen molar-refractivity contribution < 1.29 is 14.5 Å². The second-order valence-corrected chi connectivity index (χ2v) is 6.72. The lowest BCUT2D eigenvalue weighted by molar-refractivity contribution is -0.384. The molecule has 0 saturated heterocycles. The second kappa shape index (κ2) is 8.55. The van der Waals surface area contributed by atoms with Crippen molar-refractivity contribution in [3.05, 3.63) is 69.6 Å². The number of aromatic nitrogens is 1. The molecule has 0 aliphatic heterocycles. The zero-order valence-corrected chi connectivity index (χ0v) is 16.2. The Morgan fingerprint density at radius 2 is 2.04 bits per heavy atom. The smallest absolute Gasteiger partial charge is 0.270 e. The maximum Gasteiger partial charge on any atom is 0.270 e. The zero-order chi connectivity index (χ0) is 20.1. The summed E-state index contributed by atoms with van der Waals surface area (Å²) in [6.45, 7) is 0. The van der Waals surface area contributed by atoms with E-state index in [0.717, 1.165) is 0 Å². The summed E-state index contributed by atoms with van der Waals surface area (Å²) >= 11 is 6.43. The van der Waals surface area contributed by atoms with Crippen LogP contribution in [0.4, 0.5) is 10.8 Å². The molecule has 10 heteroatoms. The van der Waals surface area contributed by atoms with Crippen molar-refractivity contribution in [2.24, 2.45) is 0 Å². The number of methoxy groups -OCH3 is 1. The largest absolute Gasteiger partial charge is 0.496 e. The number of hydrogen-bond acceptors (Lipinski definition) is 7. The fourth-order valence-electron chi connectivity index (χ4n) is 2.37. The maximum atomic E-state index is 12.4. The van der Waals surface area contributed by atoms with Gasteiger partial charge < -0.3 is 10.1 Å². The third-order valence-electron chi connectivity index (χ3n) is 3.66. The number of thiocarbonyl (C=S) groups is 1. The molecule has 8 nitrogen and oxygen atoms in total. The number of nitro groups is 1. The van der Waals surface area contributed by atoms with Gasteiger partial charge in [0, 0.05) is 23.1 Å². The van der Waals surface area contributed by atoms with Gasteiger partial charge in [0.25, 0.3) is 11.6 Å². The Hall–Kier alpha value is -3.37. The first-order valence-electron chi connectivity index (χ1n) is 7.93. The highest BCUT2D eigenvalue weighted by atomic mass is 32.1. The number of carbonyl (C=O) groups is 1. The van der Waals surface area contributed by atoms with Crippen molar-refractivity contribution in [1.82, 2.24) is 10.3 Å². The number of non-ortho nitro benzene ring substituents is 1. The summed E-state index contributed by atoms with van der Waals surface area (Å²) in [6.07, 6.45) is 0. The summed E-state index contributed by atoms with van der Waals surface area (Å²) in [4.78, 5) is 27.2. The van der Waals surface area contributed by atoms with Crippen LogP contribution < -0.4 is 15.4 Å². The van der Waals surface area contributed by atoms with Gasteiger partial charge in [-0.05, 0) is 24.4 Å². The van der Waals surface area contributed by atoms with Crippen LogP contribution in [0.1, 0.15) is 10.4 Å². The topological polar surface area (TPSA) is 106 Å². The van der Waals surface area contributed by atoms with Crippen molar-refractivity contribution in [3.8, 4) is 17.0 Å². The lowest BCUT2D eigenvalue weighted by Gasteiger charge is -2.10. The number of thiazole rings is 1. The Labute approximate surface area is 169 Å². The molecule has 1 amide bonds. The Morgan fingerprint density at radius 3 is 2.79 bits per heavy atom. The van der Waals surface area contributed by atoms with Crippen LogP contribution >= 0.6 is 23.6 Å². The summed E-state index contributed by atoms with van der Waals surface area (Å²) in [7, 11) is 1.48. The third-order valence-corrected chi connectivity index (χ3v) is 4.62. The van der Waals surface area contributed by atoms with E-state index in [-0.39, 0.29) is 10.8 Å². The molecule has 142 valence electrons. The van der Waals surface area contributed by atoms with E-state index in [0.29, 0.717) is 27.7 Å². The van der Waals surface area contributed by atoms with Gasteiger partial charge in [0.2, 0.25) is 0 Å². The average molecular weight is 414 g/mol. The minimum absolute atomic E-state index is 0.0143. The standard InChI is InChI=1S/C18H14N4O4S2/c1-26-15-8-3-2-7-13(15)16(23)20-17(27)21-18-19-14(10-28-18)11-5-4-6-12(9-11)22(24)25/h2-10H,1H3,(H2,19,20,21,23,27). The van der Waals surface area contributed by atoms with Gasteiger partial charge in [-0.1, -0.05) is 24.3 Å². The van der Waals surface area contributed by atoms with Crippen LogP contribution in [0, 0.1) is 10.1 Å². The van der Waals surface area contributed by atoms with Crippen molar-refractivity contribution in [2.45, 2.75) is 0 Å². The number of nitrogens with zero attached hydrogens (tertiary/aromatic N) is 2. The highest BCUT2D eigenvalue weighted by Crippen LogP contribution is 2.27. The summed E-state index contributed by atoms with van der Waals surface area (Å²) in [6, 6.07) is 13.0. The molecule has 0 radical (unpaired) electrons. The molecule has 28 heavy (non-hydrogen) atoms. The van der Waals surface area contributed by atoms with E-state index in [1.807, 2.05) is 0 Å². The molecule has 1 aromatic heterocycles. The number of ether oxygens (including phenoxy) is 1.